The van der Waals surface area contributed by atoms with Crippen molar-refractivity contribution in [3.8, 4) is 0 Å². The zero-order valence-corrected chi connectivity index (χ0v) is 11.3. The number of nitrogens with zero attached hydrogens (tertiary/aromatic N) is 1. The van der Waals surface area contributed by atoms with Gasteiger partial charge in [-0.25, -0.2) is 0 Å². The Hall–Kier alpha value is -0.380. The average Bonchev–Trinajstić information content (AvgIpc) is 2.79. The largest absolute Gasteiger partial charge is 0.330 e. The van der Waals surface area contributed by atoms with E-state index in [9.17, 15) is 0 Å². The maximum atomic E-state index is 5.60. The fraction of sp³-hybridized carbons (Fsp3) is 0.692. The van der Waals surface area contributed by atoms with Gasteiger partial charge in [0.25, 0.3) is 0 Å². The Bertz CT molecular complexity index is 259. The van der Waals surface area contributed by atoms with Gasteiger partial charge in [0.2, 0.25) is 0 Å². The summed E-state index contributed by atoms with van der Waals surface area (Å²) in [5, 5.41) is 2.15. The molecule has 1 atom stereocenters. The van der Waals surface area contributed by atoms with Crippen molar-refractivity contribution in [3.63, 3.8) is 0 Å². The van der Waals surface area contributed by atoms with Gasteiger partial charge in [0.05, 0.1) is 0 Å². The van der Waals surface area contributed by atoms with Crippen LogP contribution in [0.3, 0.4) is 0 Å². The van der Waals surface area contributed by atoms with Gasteiger partial charge in [-0.1, -0.05) is 13.0 Å². The van der Waals surface area contributed by atoms with E-state index in [-0.39, 0.29) is 0 Å². The second-order valence-electron chi connectivity index (χ2n) is 4.62. The van der Waals surface area contributed by atoms with E-state index in [1.807, 2.05) is 11.3 Å². The molecule has 3 heteroatoms. The fourth-order valence-electron chi connectivity index (χ4n) is 1.70. The maximum Gasteiger partial charge on any atom is 0.00579 e. The van der Waals surface area contributed by atoms with E-state index in [4.69, 9.17) is 5.73 Å². The van der Waals surface area contributed by atoms with Gasteiger partial charge in [-0.3, -0.25) is 0 Å². The molecule has 0 aliphatic heterocycles. The molecule has 0 saturated carbocycles. The normalized spacial score (nSPS) is 13.2. The molecule has 0 fully saturated rings. The molecule has 0 radical (unpaired) electrons. The molecular weight excluding hydrogens is 216 g/mol. The highest BCUT2D eigenvalue weighted by molar-refractivity contribution is 7.09. The van der Waals surface area contributed by atoms with E-state index < -0.39 is 0 Å². The topological polar surface area (TPSA) is 29.3 Å². The molecule has 0 aromatic carbocycles. The molecule has 16 heavy (non-hydrogen) atoms. The number of hydrogen-bond acceptors (Lipinski definition) is 3. The third-order valence-corrected chi connectivity index (χ3v) is 3.90. The lowest BCUT2D eigenvalue weighted by atomic mass is 10.1. The molecule has 2 nitrogen and oxygen atoms in total. The first-order valence-corrected chi connectivity index (χ1v) is 7.01. The van der Waals surface area contributed by atoms with Crippen molar-refractivity contribution >= 4 is 11.3 Å². The Balaban J connectivity index is 2.05. The van der Waals surface area contributed by atoms with Gasteiger partial charge in [-0.05, 0) is 56.8 Å². The smallest absolute Gasteiger partial charge is 0.00579 e. The van der Waals surface area contributed by atoms with Gasteiger partial charge in [0, 0.05) is 11.4 Å². The van der Waals surface area contributed by atoms with Gasteiger partial charge in [-0.15, -0.1) is 11.3 Å². The second-order valence-corrected chi connectivity index (χ2v) is 5.65. The Kier molecular flexibility index (Phi) is 6.69. The second kappa shape index (κ2) is 7.82. The SMILES string of the molecule is CC(CN)CCCN(C)CCc1cccs1. The molecule has 0 aliphatic carbocycles. The van der Waals surface area contributed by atoms with Crippen molar-refractivity contribution in [1.29, 1.82) is 0 Å². The molecule has 1 aromatic heterocycles. The summed E-state index contributed by atoms with van der Waals surface area (Å²) in [5.74, 6) is 0.672. The molecule has 0 spiro atoms. The van der Waals surface area contributed by atoms with E-state index in [1.165, 1.54) is 30.7 Å². The van der Waals surface area contributed by atoms with Gasteiger partial charge in [0.1, 0.15) is 0 Å². The predicted octanol–water partition coefficient (Wildman–Crippen LogP) is 2.60. The molecule has 1 aromatic rings. The molecule has 0 amide bonds. The monoisotopic (exact) mass is 240 g/mol. The molecule has 92 valence electrons. The van der Waals surface area contributed by atoms with Crippen LogP contribution in [0, 0.1) is 5.92 Å². The van der Waals surface area contributed by atoms with E-state index in [1.54, 1.807) is 0 Å². The lowest BCUT2D eigenvalue weighted by Gasteiger charge is -2.17. The van der Waals surface area contributed by atoms with Crippen molar-refractivity contribution in [3.05, 3.63) is 22.4 Å². The third kappa shape index (κ3) is 5.64. The molecule has 1 unspecified atom stereocenters. The fourth-order valence-corrected chi connectivity index (χ4v) is 2.39. The van der Waals surface area contributed by atoms with Crippen LogP contribution in [0.4, 0.5) is 0 Å². The number of rotatable bonds is 8. The third-order valence-electron chi connectivity index (χ3n) is 2.96. The molecule has 1 rings (SSSR count). The Morgan fingerprint density at radius 3 is 2.88 bits per heavy atom. The number of likely N-dealkylation sites (N-methyl/N-ethyl adjacent to an activating group) is 1. The zero-order valence-electron chi connectivity index (χ0n) is 10.5. The average molecular weight is 240 g/mol. The molecule has 0 bridgehead atoms. The Morgan fingerprint density at radius 2 is 2.25 bits per heavy atom. The lowest BCUT2D eigenvalue weighted by molar-refractivity contribution is 0.320. The quantitative estimate of drug-likeness (QED) is 0.757. The van der Waals surface area contributed by atoms with Gasteiger partial charge in [0.15, 0.2) is 0 Å². The number of thiophene rings is 1. The molecular formula is C13H24N2S. The minimum Gasteiger partial charge on any atom is -0.330 e. The highest BCUT2D eigenvalue weighted by Crippen LogP contribution is 2.10. The van der Waals surface area contributed by atoms with Crippen LogP contribution in [0.15, 0.2) is 17.5 Å². The van der Waals surface area contributed by atoms with Crippen LogP contribution in [0.1, 0.15) is 24.6 Å². The van der Waals surface area contributed by atoms with Crippen molar-refractivity contribution in [2.45, 2.75) is 26.2 Å². The predicted molar refractivity (Wildman–Crippen MR) is 73.0 cm³/mol. The van der Waals surface area contributed by atoms with Crippen molar-refractivity contribution in [2.24, 2.45) is 11.7 Å². The highest BCUT2D eigenvalue weighted by Gasteiger charge is 2.02. The van der Waals surface area contributed by atoms with Crippen LogP contribution in [0.25, 0.3) is 0 Å². The number of hydrogen-bond donors (Lipinski definition) is 1. The van der Waals surface area contributed by atoms with Crippen molar-refractivity contribution in [2.75, 3.05) is 26.7 Å². The van der Waals surface area contributed by atoms with Crippen molar-refractivity contribution < 1.29 is 0 Å². The zero-order chi connectivity index (χ0) is 11.8. The summed E-state index contributed by atoms with van der Waals surface area (Å²) in [6, 6.07) is 4.35. The summed E-state index contributed by atoms with van der Waals surface area (Å²) >= 11 is 1.85. The molecule has 1 heterocycles. The van der Waals surface area contributed by atoms with Crippen molar-refractivity contribution in [1.82, 2.24) is 4.90 Å². The van der Waals surface area contributed by atoms with Crippen LogP contribution >= 0.6 is 11.3 Å². The van der Waals surface area contributed by atoms with Crippen LogP contribution in [0.5, 0.6) is 0 Å². The number of nitrogens with two attached hydrogens (primary N) is 1. The van der Waals surface area contributed by atoms with Crippen LogP contribution in [-0.2, 0) is 6.42 Å². The van der Waals surface area contributed by atoms with Gasteiger partial charge in [-0.2, -0.15) is 0 Å². The molecule has 2 N–H and O–H groups in total. The van der Waals surface area contributed by atoms with Crippen LogP contribution < -0.4 is 5.73 Å². The summed E-state index contributed by atoms with van der Waals surface area (Å²) in [5.41, 5.74) is 5.60. The van der Waals surface area contributed by atoms with Crippen LogP contribution in [-0.4, -0.2) is 31.6 Å². The first-order valence-electron chi connectivity index (χ1n) is 6.13. The Morgan fingerprint density at radius 1 is 1.44 bits per heavy atom. The standard InChI is InChI=1S/C13H24N2S/c1-12(11-14)5-3-8-15(2)9-7-13-6-4-10-16-13/h4,6,10,12H,3,5,7-9,11,14H2,1-2H3. The summed E-state index contributed by atoms with van der Waals surface area (Å²) in [6.45, 7) is 5.40. The summed E-state index contributed by atoms with van der Waals surface area (Å²) in [7, 11) is 2.21. The van der Waals surface area contributed by atoms with E-state index in [0.29, 0.717) is 5.92 Å². The maximum absolute atomic E-state index is 5.60. The minimum atomic E-state index is 0.672. The first kappa shape index (κ1) is 13.7. The summed E-state index contributed by atoms with van der Waals surface area (Å²) < 4.78 is 0. The molecule has 0 aliphatic rings. The highest BCUT2D eigenvalue weighted by atomic mass is 32.1. The summed E-state index contributed by atoms with van der Waals surface area (Å²) in [6.07, 6.45) is 3.69. The Labute approximate surface area is 103 Å². The lowest BCUT2D eigenvalue weighted by Crippen LogP contribution is -2.23. The van der Waals surface area contributed by atoms with E-state index in [0.717, 1.165) is 13.1 Å². The van der Waals surface area contributed by atoms with E-state index in [2.05, 4.69) is 36.4 Å². The van der Waals surface area contributed by atoms with E-state index >= 15 is 0 Å². The minimum absolute atomic E-state index is 0.672. The van der Waals surface area contributed by atoms with Gasteiger partial charge < -0.3 is 10.6 Å². The summed E-state index contributed by atoms with van der Waals surface area (Å²) in [4.78, 5) is 3.91. The molecule has 0 saturated heterocycles. The van der Waals surface area contributed by atoms with Crippen LogP contribution in [0.2, 0.25) is 0 Å². The van der Waals surface area contributed by atoms with Gasteiger partial charge >= 0.3 is 0 Å². The first-order chi connectivity index (χ1) is 7.72.